The van der Waals surface area contributed by atoms with Crippen LogP contribution in [0.4, 0.5) is 0 Å². The summed E-state index contributed by atoms with van der Waals surface area (Å²) in [4.78, 5) is 26.8. The van der Waals surface area contributed by atoms with E-state index in [0.29, 0.717) is 30.8 Å². The highest BCUT2D eigenvalue weighted by molar-refractivity contribution is 5.89. The first-order valence-electron chi connectivity index (χ1n) is 9.12. The highest BCUT2D eigenvalue weighted by Gasteiger charge is 2.43. The van der Waals surface area contributed by atoms with Crippen molar-refractivity contribution in [1.29, 1.82) is 0 Å². The van der Waals surface area contributed by atoms with Gasteiger partial charge in [0.2, 0.25) is 11.8 Å². The number of rotatable bonds is 2. The predicted molar refractivity (Wildman–Crippen MR) is 96.8 cm³/mol. The number of fused-ring (bicyclic) bond motifs is 2. The average Bonchev–Trinajstić information content (AvgIpc) is 2.82. The fourth-order valence-corrected chi connectivity index (χ4v) is 4.84. The minimum absolute atomic E-state index is 0. The summed E-state index contributed by atoms with van der Waals surface area (Å²) in [7, 11) is 0. The first-order chi connectivity index (χ1) is 10.8. The van der Waals surface area contributed by atoms with Crippen LogP contribution in [0.25, 0.3) is 0 Å². The molecule has 138 valence electrons. The zero-order valence-corrected chi connectivity index (χ0v) is 15.9. The summed E-state index contributed by atoms with van der Waals surface area (Å²) < 4.78 is 0. The number of hydrogen-bond acceptors (Lipinski definition) is 3. The maximum Gasteiger partial charge on any atom is 0.225 e. The van der Waals surface area contributed by atoms with Gasteiger partial charge in [0.25, 0.3) is 0 Å². The molecule has 2 bridgehead atoms. The SMILES string of the molecule is CC(C)(C)N1CC(C(=O)NC2C3CCCC2CC(N)C3)CC1=O.Cl. The molecule has 2 aliphatic carbocycles. The van der Waals surface area contributed by atoms with Gasteiger partial charge in [-0.25, -0.2) is 0 Å². The summed E-state index contributed by atoms with van der Waals surface area (Å²) in [6.45, 7) is 6.63. The van der Waals surface area contributed by atoms with Gasteiger partial charge in [-0.1, -0.05) is 6.42 Å². The molecule has 6 heteroatoms. The Morgan fingerprint density at radius 3 is 2.29 bits per heavy atom. The zero-order valence-electron chi connectivity index (χ0n) is 15.1. The highest BCUT2D eigenvalue weighted by atomic mass is 35.5. The molecule has 3 aliphatic rings. The first-order valence-corrected chi connectivity index (χ1v) is 9.12. The van der Waals surface area contributed by atoms with E-state index in [4.69, 9.17) is 5.73 Å². The molecule has 5 nitrogen and oxygen atoms in total. The van der Waals surface area contributed by atoms with Crippen LogP contribution < -0.4 is 11.1 Å². The van der Waals surface area contributed by atoms with Crippen molar-refractivity contribution in [3.63, 3.8) is 0 Å². The standard InChI is InChI=1S/C18H31N3O2.ClH/c1-18(2,3)21-10-13(9-15(21)22)17(23)20-16-11-5-4-6-12(16)8-14(19)7-11;/h11-14,16H,4-10,19H2,1-3H3,(H,20,23);1H. The molecule has 3 fully saturated rings. The molecular weight excluding hydrogens is 326 g/mol. The molecule has 3 atom stereocenters. The largest absolute Gasteiger partial charge is 0.353 e. The van der Waals surface area contributed by atoms with Gasteiger partial charge >= 0.3 is 0 Å². The maximum atomic E-state index is 12.7. The van der Waals surface area contributed by atoms with Gasteiger partial charge in [0, 0.05) is 30.6 Å². The van der Waals surface area contributed by atoms with Crippen molar-refractivity contribution in [3.05, 3.63) is 0 Å². The summed E-state index contributed by atoms with van der Waals surface area (Å²) in [5, 5.41) is 3.30. The molecule has 0 aromatic carbocycles. The van der Waals surface area contributed by atoms with E-state index in [2.05, 4.69) is 5.32 Å². The Balaban J connectivity index is 0.00000208. The second-order valence-electron chi connectivity index (χ2n) is 8.79. The van der Waals surface area contributed by atoms with E-state index in [1.54, 1.807) is 0 Å². The minimum atomic E-state index is -0.208. The monoisotopic (exact) mass is 357 g/mol. The Hall–Kier alpha value is -0.810. The van der Waals surface area contributed by atoms with Gasteiger partial charge in [0.15, 0.2) is 0 Å². The van der Waals surface area contributed by atoms with Crippen LogP contribution in [-0.2, 0) is 9.59 Å². The second-order valence-corrected chi connectivity index (χ2v) is 8.79. The van der Waals surface area contributed by atoms with E-state index >= 15 is 0 Å². The van der Waals surface area contributed by atoms with E-state index in [-0.39, 0.29) is 41.7 Å². The third-order valence-corrected chi connectivity index (χ3v) is 5.99. The molecule has 1 heterocycles. The van der Waals surface area contributed by atoms with Crippen molar-refractivity contribution in [2.75, 3.05) is 6.54 Å². The number of nitrogens with one attached hydrogen (secondary N) is 1. The van der Waals surface area contributed by atoms with Gasteiger partial charge in [-0.3, -0.25) is 9.59 Å². The third kappa shape index (κ3) is 3.88. The molecule has 0 spiro atoms. The van der Waals surface area contributed by atoms with Crippen LogP contribution in [0.2, 0.25) is 0 Å². The van der Waals surface area contributed by atoms with Gasteiger partial charge in [-0.05, 0) is 58.3 Å². The Morgan fingerprint density at radius 2 is 1.79 bits per heavy atom. The van der Waals surface area contributed by atoms with Gasteiger partial charge < -0.3 is 16.0 Å². The molecular formula is C18H32ClN3O2. The van der Waals surface area contributed by atoms with Crippen LogP contribution in [-0.4, -0.2) is 40.9 Å². The normalized spacial score (nSPS) is 36.2. The van der Waals surface area contributed by atoms with Gasteiger partial charge in [-0.2, -0.15) is 0 Å². The molecule has 24 heavy (non-hydrogen) atoms. The van der Waals surface area contributed by atoms with Crippen molar-refractivity contribution in [2.45, 2.75) is 76.9 Å². The second kappa shape index (κ2) is 7.20. The molecule has 1 saturated heterocycles. The molecule has 3 N–H and O–H groups in total. The maximum absolute atomic E-state index is 12.7. The number of nitrogens with two attached hydrogens (primary N) is 1. The quantitative estimate of drug-likeness (QED) is 0.794. The minimum Gasteiger partial charge on any atom is -0.353 e. The first kappa shape index (κ1) is 19.5. The lowest BCUT2D eigenvalue weighted by molar-refractivity contribution is -0.132. The molecule has 2 saturated carbocycles. The van der Waals surface area contributed by atoms with Crippen LogP contribution in [0.1, 0.15) is 59.3 Å². The average molecular weight is 358 g/mol. The topological polar surface area (TPSA) is 75.4 Å². The lowest BCUT2D eigenvalue weighted by atomic mass is 9.67. The predicted octanol–water partition coefficient (Wildman–Crippen LogP) is 2.08. The molecule has 0 aromatic rings. The van der Waals surface area contributed by atoms with E-state index in [9.17, 15) is 9.59 Å². The number of carbonyl (C=O) groups is 2. The molecule has 3 rings (SSSR count). The highest BCUT2D eigenvalue weighted by Crippen LogP contribution is 2.40. The van der Waals surface area contributed by atoms with Crippen molar-refractivity contribution in [1.82, 2.24) is 10.2 Å². The summed E-state index contributed by atoms with van der Waals surface area (Å²) >= 11 is 0. The Morgan fingerprint density at radius 1 is 1.21 bits per heavy atom. The molecule has 3 unspecified atom stereocenters. The van der Waals surface area contributed by atoms with Crippen LogP contribution in [0.3, 0.4) is 0 Å². The molecule has 1 aliphatic heterocycles. The number of hydrogen-bond donors (Lipinski definition) is 2. The van der Waals surface area contributed by atoms with Crippen LogP contribution in [0.15, 0.2) is 0 Å². The molecule has 2 amide bonds. The number of halogens is 1. The number of amides is 2. The van der Waals surface area contributed by atoms with Crippen molar-refractivity contribution in [3.8, 4) is 0 Å². The summed E-state index contributed by atoms with van der Waals surface area (Å²) in [5.41, 5.74) is 5.95. The Bertz CT molecular complexity index is 477. The van der Waals surface area contributed by atoms with E-state index < -0.39 is 0 Å². The van der Waals surface area contributed by atoms with Gasteiger partial charge in [-0.15, -0.1) is 12.4 Å². The number of nitrogens with zero attached hydrogens (tertiary/aromatic N) is 1. The van der Waals surface area contributed by atoms with Crippen LogP contribution >= 0.6 is 12.4 Å². The smallest absolute Gasteiger partial charge is 0.225 e. The summed E-state index contributed by atoms with van der Waals surface area (Å²) in [6.07, 6.45) is 6.01. The fraction of sp³-hybridized carbons (Fsp3) is 0.889. The lowest BCUT2D eigenvalue weighted by Crippen LogP contribution is -2.55. The Kier molecular flexibility index (Phi) is 5.86. The lowest BCUT2D eigenvalue weighted by Gasteiger charge is -2.45. The number of carbonyl (C=O) groups excluding carboxylic acids is 2. The summed E-state index contributed by atoms with van der Waals surface area (Å²) in [5.74, 6) is 1.03. The van der Waals surface area contributed by atoms with Crippen LogP contribution in [0, 0.1) is 17.8 Å². The van der Waals surface area contributed by atoms with E-state index in [0.717, 1.165) is 12.8 Å². The van der Waals surface area contributed by atoms with Crippen molar-refractivity contribution in [2.24, 2.45) is 23.5 Å². The fourth-order valence-electron chi connectivity index (χ4n) is 4.84. The van der Waals surface area contributed by atoms with E-state index in [1.165, 1.54) is 19.3 Å². The Labute approximate surface area is 151 Å². The molecule has 0 aromatic heterocycles. The number of likely N-dealkylation sites (tertiary alicyclic amines) is 1. The van der Waals surface area contributed by atoms with Crippen molar-refractivity contribution < 1.29 is 9.59 Å². The van der Waals surface area contributed by atoms with Gasteiger partial charge in [0.05, 0.1) is 5.92 Å². The summed E-state index contributed by atoms with van der Waals surface area (Å²) in [6, 6.07) is 0.567. The molecule has 0 radical (unpaired) electrons. The van der Waals surface area contributed by atoms with Crippen molar-refractivity contribution >= 4 is 24.2 Å². The van der Waals surface area contributed by atoms with E-state index in [1.807, 2.05) is 25.7 Å². The van der Waals surface area contributed by atoms with Gasteiger partial charge in [0.1, 0.15) is 0 Å². The third-order valence-electron chi connectivity index (χ3n) is 5.99. The zero-order chi connectivity index (χ0) is 16.8. The van der Waals surface area contributed by atoms with Crippen LogP contribution in [0.5, 0.6) is 0 Å².